The predicted octanol–water partition coefficient (Wildman–Crippen LogP) is 4.39. The number of aliphatic imine (C=N–C) groups is 1. The number of hydrogen-bond acceptors (Lipinski definition) is 3. The number of hydrogen-bond donors (Lipinski definition) is 0. The van der Waals surface area contributed by atoms with Crippen molar-refractivity contribution in [2.75, 3.05) is 19.6 Å². The molecule has 0 saturated carbocycles. The summed E-state index contributed by atoms with van der Waals surface area (Å²) >= 11 is 0. The van der Waals surface area contributed by atoms with E-state index in [1.165, 1.54) is 41.9 Å². The molecule has 0 fully saturated rings. The minimum absolute atomic E-state index is 0.540. The Hall–Kier alpha value is -1.61. The SMILES string of the molecule is CC(C)N(CC1=Cc2ccccc2C2=NCCCCCN12)C(C)C. The second-order valence-corrected chi connectivity index (χ2v) is 7.50. The molecular weight excluding hydrogens is 294 g/mol. The number of nitrogens with zero attached hydrogens (tertiary/aromatic N) is 3. The van der Waals surface area contributed by atoms with Gasteiger partial charge >= 0.3 is 0 Å². The molecule has 2 aliphatic heterocycles. The second kappa shape index (κ2) is 7.52. The molecule has 0 bridgehead atoms. The highest BCUT2D eigenvalue weighted by atomic mass is 15.3. The minimum Gasteiger partial charge on any atom is -0.329 e. The van der Waals surface area contributed by atoms with E-state index in [0.717, 1.165) is 19.6 Å². The maximum Gasteiger partial charge on any atom is 0.135 e. The lowest BCUT2D eigenvalue weighted by Crippen LogP contribution is -2.44. The van der Waals surface area contributed by atoms with Crippen molar-refractivity contribution in [1.29, 1.82) is 0 Å². The average molecular weight is 326 g/mol. The van der Waals surface area contributed by atoms with Gasteiger partial charge in [0.25, 0.3) is 0 Å². The van der Waals surface area contributed by atoms with Gasteiger partial charge in [-0.05, 0) is 58.6 Å². The van der Waals surface area contributed by atoms with E-state index in [9.17, 15) is 0 Å². The van der Waals surface area contributed by atoms with E-state index in [4.69, 9.17) is 4.99 Å². The van der Waals surface area contributed by atoms with Crippen molar-refractivity contribution in [2.45, 2.75) is 59.0 Å². The molecule has 0 spiro atoms. The normalized spacial score (nSPS) is 18.0. The topological polar surface area (TPSA) is 18.8 Å². The van der Waals surface area contributed by atoms with Crippen LogP contribution in [-0.2, 0) is 0 Å². The fourth-order valence-electron chi connectivity index (χ4n) is 3.81. The molecule has 2 aliphatic rings. The molecule has 3 heteroatoms. The summed E-state index contributed by atoms with van der Waals surface area (Å²) in [6.45, 7) is 12.2. The van der Waals surface area contributed by atoms with Crippen LogP contribution in [0.1, 0.15) is 58.1 Å². The molecule has 3 nitrogen and oxygen atoms in total. The van der Waals surface area contributed by atoms with Gasteiger partial charge < -0.3 is 4.90 Å². The third-order valence-electron chi connectivity index (χ3n) is 5.10. The lowest BCUT2D eigenvalue weighted by molar-refractivity contribution is 0.181. The first-order valence-corrected chi connectivity index (χ1v) is 9.45. The Morgan fingerprint density at radius 1 is 1.04 bits per heavy atom. The Kier molecular flexibility index (Phi) is 5.40. The Balaban J connectivity index is 2.00. The molecule has 0 aliphatic carbocycles. The second-order valence-electron chi connectivity index (χ2n) is 7.50. The Labute approximate surface area is 147 Å². The molecular formula is C21H31N3. The molecule has 0 amide bonds. The van der Waals surface area contributed by atoms with Crippen molar-refractivity contribution in [1.82, 2.24) is 9.80 Å². The summed E-state index contributed by atoms with van der Waals surface area (Å²) in [5.74, 6) is 1.19. The molecule has 0 aromatic heterocycles. The zero-order valence-electron chi connectivity index (χ0n) is 15.6. The summed E-state index contributed by atoms with van der Waals surface area (Å²) in [4.78, 5) is 10.0. The monoisotopic (exact) mass is 325 g/mol. The van der Waals surface area contributed by atoms with Crippen LogP contribution in [0.25, 0.3) is 6.08 Å². The minimum atomic E-state index is 0.540. The van der Waals surface area contributed by atoms with Crippen molar-refractivity contribution in [2.24, 2.45) is 4.99 Å². The number of benzene rings is 1. The Morgan fingerprint density at radius 3 is 2.54 bits per heavy atom. The van der Waals surface area contributed by atoms with E-state index < -0.39 is 0 Å². The highest BCUT2D eigenvalue weighted by Crippen LogP contribution is 2.28. The molecule has 0 radical (unpaired) electrons. The standard InChI is InChI=1S/C21H31N3/c1-16(2)24(17(3)4)15-19-14-18-10-6-7-11-20(18)21-22-12-8-5-9-13-23(19)21/h6-7,10-11,14,16-17H,5,8-9,12-13,15H2,1-4H3. The van der Waals surface area contributed by atoms with E-state index in [1.54, 1.807) is 0 Å². The van der Waals surface area contributed by atoms with E-state index >= 15 is 0 Å². The Morgan fingerprint density at radius 2 is 1.79 bits per heavy atom. The molecule has 130 valence electrons. The summed E-state index contributed by atoms with van der Waals surface area (Å²) in [6.07, 6.45) is 6.12. The van der Waals surface area contributed by atoms with Gasteiger partial charge in [0.05, 0.1) is 0 Å². The van der Waals surface area contributed by atoms with Crippen LogP contribution in [0.3, 0.4) is 0 Å². The molecule has 24 heavy (non-hydrogen) atoms. The van der Waals surface area contributed by atoms with E-state index in [0.29, 0.717) is 12.1 Å². The Bertz CT molecular complexity index is 620. The quantitative estimate of drug-likeness (QED) is 0.817. The van der Waals surface area contributed by atoms with Gasteiger partial charge in [0.15, 0.2) is 0 Å². The van der Waals surface area contributed by atoms with Crippen LogP contribution in [0.5, 0.6) is 0 Å². The zero-order chi connectivity index (χ0) is 17.1. The highest BCUT2D eigenvalue weighted by molar-refractivity contribution is 6.05. The van der Waals surface area contributed by atoms with Gasteiger partial charge in [-0.25, -0.2) is 0 Å². The van der Waals surface area contributed by atoms with Crippen LogP contribution in [0, 0.1) is 0 Å². The fraction of sp³-hybridized carbons (Fsp3) is 0.571. The van der Waals surface area contributed by atoms with Crippen molar-refractivity contribution in [3.05, 3.63) is 41.1 Å². The maximum absolute atomic E-state index is 4.98. The number of amidine groups is 1. The predicted molar refractivity (Wildman–Crippen MR) is 103 cm³/mol. The van der Waals surface area contributed by atoms with Crippen LogP contribution < -0.4 is 0 Å². The fourth-order valence-corrected chi connectivity index (χ4v) is 3.81. The molecule has 0 N–H and O–H groups in total. The van der Waals surface area contributed by atoms with Gasteiger partial charge in [0.1, 0.15) is 5.84 Å². The summed E-state index contributed by atoms with van der Waals surface area (Å²) in [7, 11) is 0. The first-order valence-electron chi connectivity index (χ1n) is 9.45. The molecule has 0 atom stereocenters. The molecule has 0 unspecified atom stereocenters. The van der Waals surface area contributed by atoms with Gasteiger partial charge in [-0.3, -0.25) is 9.89 Å². The molecule has 1 aromatic carbocycles. The van der Waals surface area contributed by atoms with Gasteiger partial charge in [0.2, 0.25) is 0 Å². The lowest BCUT2D eigenvalue weighted by atomic mass is 9.98. The van der Waals surface area contributed by atoms with E-state index in [1.807, 2.05) is 0 Å². The van der Waals surface area contributed by atoms with Gasteiger partial charge in [0, 0.05) is 43.0 Å². The molecule has 3 rings (SSSR count). The van der Waals surface area contributed by atoms with E-state index in [-0.39, 0.29) is 0 Å². The van der Waals surface area contributed by atoms with Gasteiger partial charge in [-0.1, -0.05) is 24.3 Å². The summed E-state index contributed by atoms with van der Waals surface area (Å²) in [5.41, 5.74) is 4.01. The molecule has 1 aromatic rings. The zero-order valence-corrected chi connectivity index (χ0v) is 15.6. The largest absolute Gasteiger partial charge is 0.329 e. The van der Waals surface area contributed by atoms with Crippen LogP contribution in [0.2, 0.25) is 0 Å². The number of rotatable bonds is 4. The third kappa shape index (κ3) is 3.56. The lowest BCUT2D eigenvalue weighted by Gasteiger charge is -2.39. The molecule has 0 saturated heterocycles. The van der Waals surface area contributed by atoms with Gasteiger partial charge in [-0.2, -0.15) is 0 Å². The summed E-state index contributed by atoms with van der Waals surface area (Å²) in [5, 5.41) is 0. The van der Waals surface area contributed by atoms with Crippen LogP contribution in [-0.4, -0.2) is 47.4 Å². The van der Waals surface area contributed by atoms with Gasteiger partial charge in [-0.15, -0.1) is 0 Å². The average Bonchev–Trinajstić information content (AvgIpc) is 2.51. The highest BCUT2D eigenvalue weighted by Gasteiger charge is 2.27. The first kappa shape index (κ1) is 17.2. The summed E-state index contributed by atoms with van der Waals surface area (Å²) < 4.78 is 0. The van der Waals surface area contributed by atoms with Crippen molar-refractivity contribution < 1.29 is 0 Å². The first-order chi connectivity index (χ1) is 11.6. The molecule has 2 heterocycles. The van der Waals surface area contributed by atoms with Crippen LogP contribution in [0.4, 0.5) is 0 Å². The maximum atomic E-state index is 4.98. The number of fused-ring (bicyclic) bond motifs is 3. The van der Waals surface area contributed by atoms with Crippen LogP contribution in [0.15, 0.2) is 35.0 Å². The van der Waals surface area contributed by atoms with Crippen molar-refractivity contribution in [3.63, 3.8) is 0 Å². The van der Waals surface area contributed by atoms with E-state index in [2.05, 4.69) is 67.8 Å². The van der Waals surface area contributed by atoms with Crippen LogP contribution >= 0.6 is 0 Å². The summed E-state index contributed by atoms with van der Waals surface area (Å²) in [6, 6.07) is 9.79. The smallest absolute Gasteiger partial charge is 0.135 e. The van der Waals surface area contributed by atoms with Crippen molar-refractivity contribution >= 4 is 11.9 Å². The third-order valence-corrected chi connectivity index (χ3v) is 5.10. The van der Waals surface area contributed by atoms with Crippen molar-refractivity contribution in [3.8, 4) is 0 Å².